The Balaban J connectivity index is 2.06. The van der Waals surface area contributed by atoms with Crippen LogP contribution in [-0.4, -0.2) is 44.9 Å². The average Bonchev–Trinajstić information content (AvgIpc) is 2.47. The van der Waals surface area contributed by atoms with Crippen molar-refractivity contribution in [1.29, 1.82) is 0 Å². The molecule has 1 saturated heterocycles. The Hall–Kier alpha value is -0.620. The third-order valence-electron chi connectivity index (χ3n) is 4.46. The first-order chi connectivity index (χ1) is 9.82. The van der Waals surface area contributed by atoms with Crippen LogP contribution in [-0.2, 0) is 10.0 Å². The fraction of sp³-hybridized carbons (Fsp3) is 0.600. The van der Waals surface area contributed by atoms with E-state index in [4.69, 9.17) is 11.6 Å². The Kier molecular flexibility index (Phi) is 5.30. The zero-order valence-electron chi connectivity index (χ0n) is 12.8. The Morgan fingerprint density at radius 2 is 1.71 bits per heavy atom. The van der Waals surface area contributed by atoms with Crippen LogP contribution in [0.25, 0.3) is 0 Å². The summed E-state index contributed by atoms with van der Waals surface area (Å²) in [5, 5.41) is 0.551. The molecule has 1 N–H and O–H groups in total. The molecule has 1 atom stereocenters. The standard InChI is InChI=1S/C15H23ClN2O2S/c1-12(2)17(3)14-8-10-18(11-9-14)21(19,20)15-6-4-13(16)5-7-15/h4-7,12,14H,8-11H2,1-3H3/p+1. The van der Waals surface area contributed by atoms with Gasteiger partial charge in [0.2, 0.25) is 10.0 Å². The molecule has 0 bridgehead atoms. The number of hydrogen-bond acceptors (Lipinski definition) is 2. The van der Waals surface area contributed by atoms with Crippen molar-refractivity contribution >= 4 is 21.6 Å². The van der Waals surface area contributed by atoms with E-state index in [1.54, 1.807) is 28.6 Å². The lowest BCUT2D eigenvalue weighted by atomic mass is 10.0. The van der Waals surface area contributed by atoms with Gasteiger partial charge < -0.3 is 4.90 Å². The van der Waals surface area contributed by atoms with E-state index >= 15 is 0 Å². The largest absolute Gasteiger partial charge is 0.333 e. The maximum absolute atomic E-state index is 12.6. The van der Waals surface area contributed by atoms with E-state index in [1.807, 2.05) is 0 Å². The maximum atomic E-state index is 12.6. The number of nitrogens with zero attached hydrogens (tertiary/aromatic N) is 1. The van der Waals surface area contributed by atoms with Crippen LogP contribution < -0.4 is 4.90 Å². The van der Waals surface area contributed by atoms with Crippen molar-refractivity contribution in [2.45, 2.75) is 43.7 Å². The van der Waals surface area contributed by atoms with Crippen LogP contribution in [0.2, 0.25) is 5.02 Å². The van der Waals surface area contributed by atoms with Gasteiger partial charge in [-0.15, -0.1) is 0 Å². The van der Waals surface area contributed by atoms with Gasteiger partial charge in [0, 0.05) is 31.0 Å². The molecular formula is C15H24ClN2O2S+. The number of nitrogens with one attached hydrogen (secondary N) is 1. The number of sulfonamides is 1. The molecule has 1 aliphatic heterocycles. The molecule has 2 rings (SSSR count). The molecule has 0 amide bonds. The minimum Gasteiger partial charge on any atom is -0.333 e. The third kappa shape index (κ3) is 3.77. The fourth-order valence-electron chi connectivity index (χ4n) is 2.78. The van der Waals surface area contributed by atoms with Crippen molar-refractivity contribution in [2.75, 3.05) is 20.1 Å². The number of halogens is 1. The van der Waals surface area contributed by atoms with E-state index in [2.05, 4.69) is 20.9 Å². The second kappa shape index (κ2) is 6.65. The highest BCUT2D eigenvalue weighted by Gasteiger charge is 2.33. The molecule has 0 saturated carbocycles. The van der Waals surface area contributed by atoms with Gasteiger partial charge in [-0.25, -0.2) is 8.42 Å². The zero-order chi connectivity index (χ0) is 15.6. The van der Waals surface area contributed by atoms with E-state index in [0.29, 0.717) is 35.1 Å². The summed E-state index contributed by atoms with van der Waals surface area (Å²) in [4.78, 5) is 1.81. The van der Waals surface area contributed by atoms with Crippen molar-refractivity contribution in [3.8, 4) is 0 Å². The monoisotopic (exact) mass is 331 g/mol. The quantitative estimate of drug-likeness (QED) is 0.906. The highest BCUT2D eigenvalue weighted by Crippen LogP contribution is 2.21. The van der Waals surface area contributed by atoms with Crippen LogP contribution in [0.15, 0.2) is 29.2 Å². The van der Waals surface area contributed by atoms with Crippen molar-refractivity contribution in [3.05, 3.63) is 29.3 Å². The first-order valence-electron chi connectivity index (χ1n) is 7.41. The molecule has 4 nitrogen and oxygen atoms in total. The molecule has 6 heteroatoms. The second-order valence-electron chi connectivity index (χ2n) is 6.03. The van der Waals surface area contributed by atoms with Gasteiger partial charge in [-0.2, -0.15) is 4.31 Å². The Morgan fingerprint density at radius 3 is 2.19 bits per heavy atom. The van der Waals surface area contributed by atoms with E-state index in [0.717, 1.165) is 12.8 Å². The van der Waals surface area contributed by atoms with Gasteiger partial charge >= 0.3 is 0 Å². The molecular weight excluding hydrogens is 308 g/mol. The van der Waals surface area contributed by atoms with Crippen LogP contribution in [0.1, 0.15) is 26.7 Å². The molecule has 0 aliphatic carbocycles. The number of rotatable bonds is 4. The zero-order valence-corrected chi connectivity index (χ0v) is 14.4. The predicted molar refractivity (Wildman–Crippen MR) is 85.3 cm³/mol. The van der Waals surface area contributed by atoms with Gasteiger partial charge in [0.15, 0.2) is 0 Å². The molecule has 1 fully saturated rings. The molecule has 0 radical (unpaired) electrons. The van der Waals surface area contributed by atoms with Crippen LogP contribution in [0.5, 0.6) is 0 Å². The van der Waals surface area contributed by atoms with Gasteiger partial charge in [-0.1, -0.05) is 11.6 Å². The lowest BCUT2D eigenvalue weighted by molar-refractivity contribution is -0.928. The highest BCUT2D eigenvalue weighted by molar-refractivity contribution is 7.89. The number of piperidine rings is 1. The molecule has 1 aromatic carbocycles. The minimum absolute atomic E-state index is 0.329. The summed E-state index contributed by atoms with van der Waals surface area (Å²) < 4.78 is 26.8. The topological polar surface area (TPSA) is 41.8 Å². The summed E-state index contributed by atoms with van der Waals surface area (Å²) in [6.07, 6.45) is 1.83. The minimum atomic E-state index is -3.38. The summed E-state index contributed by atoms with van der Waals surface area (Å²) in [5.41, 5.74) is 0. The van der Waals surface area contributed by atoms with Gasteiger partial charge in [0.25, 0.3) is 0 Å². The van der Waals surface area contributed by atoms with Crippen LogP contribution in [0.3, 0.4) is 0 Å². The van der Waals surface area contributed by atoms with Crippen molar-refractivity contribution in [3.63, 3.8) is 0 Å². The van der Waals surface area contributed by atoms with E-state index in [1.165, 1.54) is 4.90 Å². The van der Waals surface area contributed by atoms with Gasteiger partial charge in [-0.3, -0.25) is 0 Å². The first kappa shape index (κ1) is 16.7. The summed E-state index contributed by atoms with van der Waals surface area (Å²) in [6, 6.07) is 7.51. The lowest BCUT2D eigenvalue weighted by Crippen LogP contribution is -3.16. The predicted octanol–water partition coefficient (Wildman–Crippen LogP) is 1.42. The van der Waals surface area contributed by atoms with Crippen LogP contribution in [0, 0.1) is 0 Å². The van der Waals surface area contributed by atoms with E-state index in [-0.39, 0.29) is 0 Å². The molecule has 0 spiro atoms. The molecule has 1 aromatic rings. The third-order valence-corrected chi connectivity index (χ3v) is 6.62. The van der Waals surface area contributed by atoms with Crippen molar-refractivity contribution in [1.82, 2.24) is 4.31 Å². The molecule has 0 aromatic heterocycles. The molecule has 1 heterocycles. The van der Waals surface area contributed by atoms with Crippen LogP contribution >= 0.6 is 11.6 Å². The highest BCUT2D eigenvalue weighted by atomic mass is 35.5. The smallest absolute Gasteiger partial charge is 0.243 e. The average molecular weight is 332 g/mol. The molecule has 118 valence electrons. The van der Waals surface area contributed by atoms with E-state index < -0.39 is 10.0 Å². The molecule has 21 heavy (non-hydrogen) atoms. The van der Waals surface area contributed by atoms with Crippen LogP contribution in [0.4, 0.5) is 0 Å². The Bertz CT molecular complexity index is 564. The maximum Gasteiger partial charge on any atom is 0.243 e. The number of benzene rings is 1. The van der Waals surface area contributed by atoms with Gasteiger partial charge in [0.05, 0.1) is 24.0 Å². The van der Waals surface area contributed by atoms with Gasteiger partial charge in [0.1, 0.15) is 0 Å². The van der Waals surface area contributed by atoms with Crippen molar-refractivity contribution in [2.24, 2.45) is 0 Å². The fourth-order valence-corrected chi connectivity index (χ4v) is 4.37. The Labute approximate surface area is 132 Å². The normalized spacial score (nSPS) is 19.9. The lowest BCUT2D eigenvalue weighted by Gasteiger charge is -2.35. The number of quaternary nitrogens is 1. The SMILES string of the molecule is CC(C)[NH+](C)C1CCN(S(=O)(=O)c2ccc(Cl)cc2)CC1. The molecule has 1 unspecified atom stereocenters. The second-order valence-corrected chi connectivity index (χ2v) is 8.41. The van der Waals surface area contributed by atoms with Crippen molar-refractivity contribution < 1.29 is 13.3 Å². The number of hydrogen-bond donors (Lipinski definition) is 1. The molecule has 1 aliphatic rings. The summed E-state index contributed by atoms with van der Waals surface area (Å²) >= 11 is 5.82. The van der Waals surface area contributed by atoms with Gasteiger partial charge in [-0.05, 0) is 38.1 Å². The Morgan fingerprint density at radius 1 is 1.19 bits per heavy atom. The van der Waals surface area contributed by atoms with E-state index in [9.17, 15) is 8.42 Å². The summed E-state index contributed by atoms with van der Waals surface area (Å²) in [5.74, 6) is 0. The summed E-state index contributed by atoms with van der Waals surface area (Å²) in [6.45, 7) is 5.59. The first-order valence-corrected chi connectivity index (χ1v) is 9.23. The summed E-state index contributed by atoms with van der Waals surface area (Å²) in [7, 11) is -1.19.